The van der Waals surface area contributed by atoms with E-state index in [2.05, 4.69) is 12.2 Å². The number of carboxylic acids is 1. The van der Waals surface area contributed by atoms with Crippen LogP contribution in [-0.2, 0) is 14.3 Å². The Hall–Kier alpha value is -1.10. The third-order valence-electron chi connectivity index (χ3n) is 3.16. The summed E-state index contributed by atoms with van der Waals surface area (Å²) in [4.78, 5) is 21.9. The number of aliphatic carboxylic acids is 1. The normalized spacial score (nSPS) is 24.3. The van der Waals surface area contributed by atoms with Gasteiger partial charge in [0.25, 0.3) is 0 Å². The lowest BCUT2D eigenvalue weighted by Gasteiger charge is -2.25. The zero-order valence-corrected chi connectivity index (χ0v) is 10.3. The number of carbonyl (C=O) groups excluding carboxylic acids is 1. The van der Waals surface area contributed by atoms with E-state index >= 15 is 0 Å². The molecule has 1 aliphatic rings. The zero-order chi connectivity index (χ0) is 12.7. The lowest BCUT2D eigenvalue weighted by Crippen LogP contribution is -2.35. The summed E-state index contributed by atoms with van der Waals surface area (Å²) in [5.41, 5.74) is 0. The van der Waals surface area contributed by atoms with Gasteiger partial charge in [-0.25, -0.2) is 4.79 Å². The van der Waals surface area contributed by atoms with Crippen LogP contribution in [0.3, 0.4) is 0 Å². The van der Waals surface area contributed by atoms with E-state index in [4.69, 9.17) is 9.84 Å². The van der Waals surface area contributed by atoms with E-state index in [1.807, 2.05) is 0 Å². The van der Waals surface area contributed by atoms with Gasteiger partial charge < -0.3 is 15.2 Å². The standard InChI is InChI=1S/C12H21NO4/c1-9-2-4-10(5-3-9)12(16)13-6-7-17-8-11(14)15/h9-10H,2-8H2,1H3,(H,13,16)(H,14,15). The van der Waals surface area contributed by atoms with Crippen LogP contribution in [0.1, 0.15) is 32.6 Å². The number of carbonyl (C=O) groups is 2. The first-order valence-corrected chi connectivity index (χ1v) is 6.17. The van der Waals surface area contributed by atoms with E-state index in [1.165, 1.54) is 0 Å². The van der Waals surface area contributed by atoms with Crippen LogP contribution in [0.15, 0.2) is 0 Å². The van der Waals surface area contributed by atoms with Gasteiger partial charge in [-0.05, 0) is 31.6 Å². The monoisotopic (exact) mass is 243 g/mol. The second-order valence-electron chi connectivity index (χ2n) is 4.69. The third kappa shape index (κ3) is 5.68. The topological polar surface area (TPSA) is 75.6 Å². The second-order valence-corrected chi connectivity index (χ2v) is 4.69. The highest BCUT2D eigenvalue weighted by molar-refractivity contribution is 5.78. The molecule has 1 fully saturated rings. The summed E-state index contributed by atoms with van der Waals surface area (Å²) in [5.74, 6) is -0.0444. The van der Waals surface area contributed by atoms with E-state index in [1.54, 1.807) is 0 Å². The van der Waals surface area contributed by atoms with Crippen LogP contribution in [0.5, 0.6) is 0 Å². The molecular formula is C12H21NO4. The average Bonchev–Trinajstić information content (AvgIpc) is 2.29. The first-order chi connectivity index (χ1) is 8.09. The summed E-state index contributed by atoms with van der Waals surface area (Å²) in [6.07, 6.45) is 4.16. The van der Waals surface area contributed by atoms with E-state index < -0.39 is 5.97 Å². The van der Waals surface area contributed by atoms with Gasteiger partial charge in [0.15, 0.2) is 0 Å². The first kappa shape index (κ1) is 14.0. The van der Waals surface area contributed by atoms with Crippen molar-refractivity contribution in [2.24, 2.45) is 11.8 Å². The van der Waals surface area contributed by atoms with Crippen molar-refractivity contribution in [1.29, 1.82) is 0 Å². The molecule has 1 amide bonds. The second kappa shape index (κ2) is 7.27. The predicted octanol–water partition coefficient (Wildman–Crippen LogP) is 1.03. The van der Waals surface area contributed by atoms with Gasteiger partial charge in [0.05, 0.1) is 6.61 Å². The highest BCUT2D eigenvalue weighted by Crippen LogP contribution is 2.28. The minimum absolute atomic E-state index is 0.0795. The summed E-state index contributed by atoms with van der Waals surface area (Å²) in [6, 6.07) is 0. The molecule has 1 aliphatic carbocycles. The number of ether oxygens (including phenoxy) is 1. The van der Waals surface area contributed by atoms with Crippen molar-refractivity contribution in [3.8, 4) is 0 Å². The van der Waals surface area contributed by atoms with Crippen LogP contribution >= 0.6 is 0 Å². The number of amides is 1. The highest BCUT2D eigenvalue weighted by Gasteiger charge is 2.23. The number of hydrogen-bond acceptors (Lipinski definition) is 3. The SMILES string of the molecule is CC1CCC(C(=O)NCCOCC(=O)O)CC1. The largest absolute Gasteiger partial charge is 0.480 e. The Morgan fingerprint density at radius 2 is 1.94 bits per heavy atom. The van der Waals surface area contributed by atoms with Crippen LogP contribution < -0.4 is 5.32 Å². The summed E-state index contributed by atoms with van der Waals surface area (Å²) in [5, 5.41) is 11.1. The van der Waals surface area contributed by atoms with Crippen LogP contribution in [0.4, 0.5) is 0 Å². The Bertz CT molecular complexity index is 259. The molecular weight excluding hydrogens is 222 g/mol. The van der Waals surface area contributed by atoms with E-state index in [0.717, 1.165) is 31.6 Å². The lowest BCUT2D eigenvalue weighted by atomic mass is 9.82. The number of nitrogens with one attached hydrogen (secondary N) is 1. The third-order valence-corrected chi connectivity index (χ3v) is 3.16. The minimum atomic E-state index is -0.988. The van der Waals surface area contributed by atoms with Gasteiger partial charge in [-0.3, -0.25) is 4.79 Å². The molecule has 0 aromatic heterocycles. The highest BCUT2D eigenvalue weighted by atomic mass is 16.5. The van der Waals surface area contributed by atoms with Gasteiger partial charge in [-0.2, -0.15) is 0 Å². The molecule has 98 valence electrons. The maximum atomic E-state index is 11.7. The molecule has 5 heteroatoms. The Balaban J connectivity index is 2.06. The average molecular weight is 243 g/mol. The zero-order valence-electron chi connectivity index (χ0n) is 10.3. The fourth-order valence-electron chi connectivity index (χ4n) is 2.07. The van der Waals surface area contributed by atoms with E-state index in [-0.39, 0.29) is 25.0 Å². The van der Waals surface area contributed by atoms with Crippen molar-refractivity contribution in [1.82, 2.24) is 5.32 Å². The van der Waals surface area contributed by atoms with E-state index in [9.17, 15) is 9.59 Å². The van der Waals surface area contributed by atoms with Gasteiger partial charge in [-0.1, -0.05) is 6.92 Å². The van der Waals surface area contributed by atoms with Crippen molar-refractivity contribution in [2.45, 2.75) is 32.6 Å². The Morgan fingerprint density at radius 1 is 1.29 bits per heavy atom. The van der Waals surface area contributed by atoms with Crippen LogP contribution in [0.25, 0.3) is 0 Å². The summed E-state index contributed by atoms with van der Waals surface area (Å²) in [6.45, 7) is 2.55. The van der Waals surface area contributed by atoms with Gasteiger partial charge >= 0.3 is 5.97 Å². The molecule has 17 heavy (non-hydrogen) atoms. The molecule has 1 saturated carbocycles. The summed E-state index contributed by atoms with van der Waals surface area (Å²) >= 11 is 0. The molecule has 0 saturated heterocycles. The van der Waals surface area contributed by atoms with Crippen molar-refractivity contribution in [3.63, 3.8) is 0 Å². The lowest BCUT2D eigenvalue weighted by molar-refractivity contribution is -0.142. The van der Waals surface area contributed by atoms with Gasteiger partial charge in [0.2, 0.25) is 5.91 Å². The van der Waals surface area contributed by atoms with Gasteiger partial charge in [0, 0.05) is 12.5 Å². The molecule has 0 radical (unpaired) electrons. The fourth-order valence-corrected chi connectivity index (χ4v) is 2.07. The maximum absolute atomic E-state index is 11.7. The van der Waals surface area contributed by atoms with E-state index in [0.29, 0.717) is 6.54 Å². The predicted molar refractivity (Wildman–Crippen MR) is 62.6 cm³/mol. The number of carboxylic acid groups (broad SMARTS) is 1. The smallest absolute Gasteiger partial charge is 0.329 e. The maximum Gasteiger partial charge on any atom is 0.329 e. The first-order valence-electron chi connectivity index (χ1n) is 6.17. The van der Waals surface area contributed by atoms with Crippen molar-refractivity contribution >= 4 is 11.9 Å². The van der Waals surface area contributed by atoms with Gasteiger partial charge in [-0.15, -0.1) is 0 Å². The van der Waals surface area contributed by atoms with Crippen molar-refractivity contribution < 1.29 is 19.4 Å². The molecule has 0 unspecified atom stereocenters. The molecule has 0 aromatic carbocycles. The Morgan fingerprint density at radius 3 is 2.53 bits per heavy atom. The number of rotatable bonds is 6. The molecule has 0 heterocycles. The van der Waals surface area contributed by atoms with Crippen LogP contribution in [-0.4, -0.2) is 36.7 Å². The number of hydrogen-bond donors (Lipinski definition) is 2. The molecule has 2 N–H and O–H groups in total. The summed E-state index contributed by atoms with van der Waals surface area (Å²) in [7, 11) is 0. The van der Waals surface area contributed by atoms with Crippen LogP contribution in [0, 0.1) is 11.8 Å². The minimum Gasteiger partial charge on any atom is -0.480 e. The quantitative estimate of drug-likeness (QED) is 0.683. The van der Waals surface area contributed by atoms with Crippen molar-refractivity contribution in [3.05, 3.63) is 0 Å². The Labute approximate surface area is 102 Å². The molecule has 0 bridgehead atoms. The fraction of sp³-hybridized carbons (Fsp3) is 0.833. The van der Waals surface area contributed by atoms with Crippen LogP contribution in [0.2, 0.25) is 0 Å². The molecule has 5 nitrogen and oxygen atoms in total. The van der Waals surface area contributed by atoms with Gasteiger partial charge in [0.1, 0.15) is 6.61 Å². The molecule has 0 atom stereocenters. The molecule has 0 aromatic rings. The Kier molecular flexibility index (Phi) is 5.97. The molecule has 1 rings (SSSR count). The molecule has 0 spiro atoms. The summed E-state index contributed by atoms with van der Waals surface area (Å²) < 4.78 is 4.84. The molecule has 0 aliphatic heterocycles. The van der Waals surface area contributed by atoms with Crippen molar-refractivity contribution in [2.75, 3.05) is 19.8 Å².